The van der Waals surface area contributed by atoms with E-state index in [1.54, 1.807) is 0 Å². The van der Waals surface area contributed by atoms with E-state index in [2.05, 4.69) is 12.9 Å². The normalized spacial score (nSPS) is 10.1. The molecule has 0 N–H and O–H groups in total. The van der Waals surface area contributed by atoms with Crippen LogP contribution < -0.4 is 295 Å². The molecule has 0 atom stereocenters. The first kappa shape index (κ1) is 85.9. The van der Waals surface area contributed by atoms with Crippen molar-refractivity contribution < 1.29 is 370 Å². The second kappa shape index (κ2) is 38.6. The van der Waals surface area contributed by atoms with Crippen LogP contribution in [0.4, 0.5) is 0 Å². The van der Waals surface area contributed by atoms with Crippen molar-refractivity contribution >= 4 is 46.9 Å². The first-order valence-corrected chi connectivity index (χ1v) is 13.1. The zero-order chi connectivity index (χ0) is 23.1. The molecule has 0 aromatic rings. The molecule has 0 amide bonds. The molecule has 37 heavy (non-hydrogen) atoms. The van der Waals surface area contributed by atoms with Gasteiger partial charge in [0.2, 0.25) is 0 Å². The van der Waals surface area contributed by atoms with Crippen LogP contribution in [0.5, 0.6) is 0 Å². The monoisotopic (exact) mass is 818 g/mol. The molecule has 0 aliphatic carbocycles. The zero-order valence-electron chi connectivity index (χ0n) is 20.0. The molecule has 0 spiro atoms. The van der Waals surface area contributed by atoms with Gasteiger partial charge in [-0.05, 0) is 0 Å². The van der Waals surface area contributed by atoms with Crippen LogP contribution in [0.15, 0.2) is 0 Å². The summed E-state index contributed by atoms with van der Waals surface area (Å²) < 4.78 is 63.5. The van der Waals surface area contributed by atoms with Crippen molar-refractivity contribution in [2.45, 2.75) is 0 Å². The Morgan fingerprint density at radius 3 is 0.324 bits per heavy atom. The van der Waals surface area contributed by atoms with Gasteiger partial charge in [0.1, 0.15) is 0 Å². The van der Waals surface area contributed by atoms with Gasteiger partial charge in [0, 0.05) is 0 Å². The van der Waals surface area contributed by atoms with Gasteiger partial charge in [0.05, 0.1) is 46.9 Å². The van der Waals surface area contributed by atoms with E-state index < -0.39 is 46.9 Å². The zero-order valence-corrected chi connectivity index (χ0v) is 43.5. The Bertz CT molecular complexity index is 580. The van der Waals surface area contributed by atoms with Gasteiger partial charge >= 0.3 is 271 Å². The fourth-order valence-corrected chi connectivity index (χ4v) is 3.31. The molecule has 0 saturated heterocycles. The molecule has 0 fully saturated rings. The maximum absolute atomic E-state index is 9.32. The van der Waals surface area contributed by atoms with Gasteiger partial charge in [-0.2, -0.15) is 0 Å². The second-order valence-electron chi connectivity index (χ2n) is 2.93. The Hall–Kier alpha value is 9.82. The second-order valence-corrected chi connectivity index (χ2v) is 10.3. The minimum atomic E-state index is -5.68. The molecule has 0 aromatic heterocycles. The fraction of sp³-hybridized carbons (Fsp3) is 0. The maximum Gasteiger partial charge on any atom is 2.00 e. The van der Waals surface area contributed by atoms with Crippen molar-refractivity contribution in [1.82, 2.24) is 0 Å². The molecule has 0 aliphatic heterocycles. The fourth-order valence-electron chi connectivity index (χ4n) is 0.367. The number of phosphoric acid groups is 6. The Labute approximate surface area is 407 Å². The van der Waals surface area contributed by atoms with Crippen LogP contribution in [0, 0.1) is 0 Å². The molecule has 21 nitrogen and oxygen atoms in total. The number of hydrogen-bond donors (Lipinski definition) is 0. The summed E-state index contributed by atoms with van der Waals surface area (Å²) in [5.74, 6) is 0. The van der Waals surface area contributed by atoms with Crippen molar-refractivity contribution in [3.8, 4) is 0 Å². The van der Waals surface area contributed by atoms with E-state index in [0.29, 0.717) is 0 Å². The summed E-state index contributed by atoms with van der Waals surface area (Å²) in [6.07, 6.45) is 0. The molecule has 0 radical (unpaired) electrons. The van der Waals surface area contributed by atoms with E-state index in [9.17, 15) is 86.1 Å². The van der Waals surface area contributed by atoms with Gasteiger partial charge in [-0.1, -0.05) is 0 Å². The van der Waals surface area contributed by atoms with E-state index in [0.717, 1.165) is 0 Å². The van der Waals surface area contributed by atoms with Crippen molar-refractivity contribution in [2.75, 3.05) is 0 Å². The van der Waals surface area contributed by atoms with Crippen LogP contribution >= 0.6 is 46.9 Å². The molecule has 0 heterocycles. The minimum Gasteiger partial charge on any atom is -0.790 e. The molecule has 0 aromatic carbocycles. The summed E-state index contributed by atoms with van der Waals surface area (Å²) >= 11 is 0. The smallest absolute Gasteiger partial charge is 0.790 e. The molecule has 0 rings (SSSR count). The predicted octanol–water partition coefficient (Wildman–Crippen LogP) is -34.0. The van der Waals surface area contributed by atoms with Gasteiger partial charge in [0.15, 0.2) is 0 Å². The van der Waals surface area contributed by atoms with Crippen LogP contribution in [0.2, 0.25) is 0 Å². The first-order chi connectivity index (χ1) is 11.1. The molecule has 0 saturated carbocycles. The van der Waals surface area contributed by atoms with Crippen LogP contribution in [0.25, 0.3) is 0 Å². The van der Waals surface area contributed by atoms with Crippen LogP contribution in [0.3, 0.4) is 0 Å². The third kappa shape index (κ3) is 114. The van der Waals surface area contributed by atoms with Gasteiger partial charge in [-0.25, -0.2) is 0 Å². The van der Waals surface area contributed by atoms with Gasteiger partial charge in [0.25, 0.3) is 0 Å². The maximum atomic E-state index is 9.32. The average Bonchev–Trinajstić information content (AvgIpc) is 1.96. The van der Waals surface area contributed by atoms with Crippen LogP contribution in [0.1, 0.15) is 0 Å². The summed E-state index contributed by atoms with van der Waals surface area (Å²) in [7, 11) is -34.1. The average molecular weight is 817 g/mol. The van der Waals surface area contributed by atoms with E-state index in [-0.39, 0.29) is 271 Å². The van der Waals surface area contributed by atoms with E-state index in [4.69, 9.17) is 0 Å². The standard InChI is InChI=1S/2Fe.8Na.3H4O7P2/c;;;;;;;;;;3*1-8(2,3)7-9(4,5)6/h;;;;;;;;;;3*(H2,1,2,3)(H2,4,5,6)/q2*+2;8*+1;;;/p-12. The van der Waals surface area contributed by atoms with Gasteiger partial charge in [-0.15, -0.1) is 0 Å². The van der Waals surface area contributed by atoms with Crippen molar-refractivity contribution in [2.24, 2.45) is 0 Å². The molecule has 37 heteroatoms. The van der Waals surface area contributed by atoms with Crippen molar-refractivity contribution in [3.63, 3.8) is 0 Å². The summed E-state index contributed by atoms with van der Waals surface area (Å²) in [4.78, 5) is 112. The minimum absolute atomic E-state index is 0. The molecule has 0 aliphatic rings. The summed E-state index contributed by atoms with van der Waals surface area (Å²) in [5, 5.41) is 0. The van der Waals surface area contributed by atoms with E-state index in [1.807, 2.05) is 0 Å². The van der Waals surface area contributed by atoms with Crippen LogP contribution in [-0.4, -0.2) is 0 Å². The van der Waals surface area contributed by atoms with Gasteiger partial charge < -0.3 is 99.0 Å². The molecule has 0 unspecified atom stereocenters. The molecule has 180 valence electrons. The third-order valence-electron chi connectivity index (χ3n) is 0.600. The van der Waals surface area contributed by atoms with Crippen LogP contribution in [-0.2, 0) is 74.5 Å². The largest absolute Gasteiger partial charge is 2.00 e. The summed E-state index contributed by atoms with van der Waals surface area (Å²) in [5.41, 5.74) is 0. The molecule has 0 bridgehead atoms. The van der Waals surface area contributed by atoms with E-state index in [1.165, 1.54) is 0 Å². The molecular formula is Fe2Na8O21P6. The predicted molar refractivity (Wildman–Crippen MR) is 48.9 cm³/mol. The number of rotatable bonds is 6. The Balaban J connectivity index is -0.0000000187. The summed E-state index contributed by atoms with van der Waals surface area (Å²) in [6, 6.07) is 0. The SMILES string of the molecule is O=P([O-])([O-])OP(=O)([O-])[O-].O=P([O-])([O-])OP(=O)([O-])[O-].O=P([O-])([O-])OP(=O)([O-])[O-].[Fe+2].[Fe+2].[Na+].[Na+].[Na+].[Na+].[Na+].[Na+].[Na+].[Na+]. The van der Waals surface area contributed by atoms with Crippen molar-refractivity contribution in [3.05, 3.63) is 0 Å². The first-order valence-electron chi connectivity index (χ1n) is 4.38. The Kier molecular flexibility index (Phi) is 89.7. The van der Waals surface area contributed by atoms with Gasteiger partial charge in [-0.3, -0.25) is 0 Å². The Morgan fingerprint density at radius 1 is 0.270 bits per heavy atom. The topological polar surface area (TPSA) is 407 Å². The quantitative estimate of drug-likeness (QED) is 0.177. The van der Waals surface area contributed by atoms with E-state index >= 15 is 0 Å². The van der Waals surface area contributed by atoms with Crippen molar-refractivity contribution in [1.29, 1.82) is 0 Å². The third-order valence-corrected chi connectivity index (χ3v) is 5.40. The molecular weight excluding hydrogens is 817 g/mol. The number of hydrogen-bond acceptors (Lipinski definition) is 21. The Morgan fingerprint density at radius 2 is 0.324 bits per heavy atom. The summed E-state index contributed by atoms with van der Waals surface area (Å²) in [6.45, 7) is 0.